The minimum atomic E-state index is 0.352. The highest BCUT2D eigenvalue weighted by molar-refractivity contribution is 5.45. The topological polar surface area (TPSA) is 77.0 Å². The van der Waals surface area contributed by atoms with Crippen LogP contribution in [0, 0.1) is 6.92 Å². The molecule has 16 heavy (non-hydrogen) atoms. The summed E-state index contributed by atoms with van der Waals surface area (Å²) < 4.78 is 10.1. The highest BCUT2D eigenvalue weighted by atomic mass is 16.5. The van der Waals surface area contributed by atoms with Gasteiger partial charge in [-0.05, 0) is 19.9 Å². The largest absolute Gasteiger partial charge is 0.361 e. The summed E-state index contributed by atoms with van der Waals surface area (Å²) in [5.74, 6) is 2.27. The van der Waals surface area contributed by atoms with Crippen LogP contribution in [-0.2, 0) is 0 Å². The summed E-state index contributed by atoms with van der Waals surface area (Å²) in [6.45, 7) is 3.75. The van der Waals surface area contributed by atoms with Crippen molar-refractivity contribution in [2.24, 2.45) is 0 Å². The molecule has 1 N–H and O–H groups in total. The second-order valence-electron chi connectivity index (χ2n) is 3.97. The van der Waals surface area contributed by atoms with Crippen LogP contribution in [0.1, 0.15) is 23.9 Å². The lowest BCUT2D eigenvalue weighted by atomic mass is 10.1. The van der Waals surface area contributed by atoms with Crippen LogP contribution >= 0.6 is 0 Å². The molecule has 0 radical (unpaired) electrons. The number of nitrogens with zero attached hydrogens (tertiary/aromatic N) is 3. The SMILES string of the molecule is Cc1cc(-c2nc([C@H]3CCNC3)no2)no1. The van der Waals surface area contributed by atoms with Crippen molar-refractivity contribution in [1.29, 1.82) is 0 Å². The molecule has 6 nitrogen and oxygen atoms in total. The summed E-state index contributed by atoms with van der Waals surface area (Å²) in [7, 11) is 0. The molecule has 0 saturated carbocycles. The first kappa shape index (κ1) is 9.53. The fourth-order valence-electron chi connectivity index (χ4n) is 1.85. The van der Waals surface area contributed by atoms with Crippen LogP contribution in [0.2, 0.25) is 0 Å². The van der Waals surface area contributed by atoms with Gasteiger partial charge in [0.05, 0.1) is 0 Å². The Bertz CT molecular complexity index is 484. The molecule has 1 atom stereocenters. The average molecular weight is 220 g/mol. The fraction of sp³-hybridized carbons (Fsp3) is 0.500. The van der Waals surface area contributed by atoms with Gasteiger partial charge in [0, 0.05) is 18.5 Å². The van der Waals surface area contributed by atoms with Crippen LogP contribution < -0.4 is 5.32 Å². The molecular weight excluding hydrogens is 208 g/mol. The average Bonchev–Trinajstić information content (AvgIpc) is 2.97. The third kappa shape index (κ3) is 1.61. The van der Waals surface area contributed by atoms with Crippen LogP contribution in [0.5, 0.6) is 0 Å². The van der Waals surface area contributed by atoms with Crippen molar-refractivity contribution in [2.75, 3.05) is 13.1 Å². The molecule has 0 spiro atoms. The molecule has 84 valence electrons. The third-order valence-electron chi connectivity index (χ3n) is 2.71. The van der Waals surface area contributed by atoms with Crippen LogP contribution in [-0.4, -0.2) is 28.4 Å². The molecule has 0 aromatic carbocycles. The van der Waals surface area contributed by atoms with Gasteiger partial charge >= 0.3 is 0 Å². The molecule has 3 rings (SSSR count). The molecule has 0 amide bonds. The van der Waals surface area contributed by atoms with Gasteiger partial charge in [-0.25, -0.2) is 0 Å². The summed E-state index contributed by atoms with van der Waals surface area (Å²) in [6, 6.07) is 1.78. The highest BCUT2D eigenvalue weighted by Crippen LogP contribution is 2.23. The van der Waals surface area contributed by atoms with E-state index in [1.54, 1.807) is 6.07 Å². The molecule has 0 aliphatic carbocycles. The normalized spacial score (nSPS) is 20.4. The Kier molecular flexibility index (Phi) is 2.21. The van der Waals surface area contributed by atoms with Gasteiger partial charge in [0.15, 0.2) is 11.5 Å². The van der Waals surface area contributed by atoms with Crippen molar-refractivity contribution in [1.82, 2.24) is 20.6 Å². The van der Waals surface area contributed by atoms with E-state index in [-0.39, 0.29) is 0 Å². The van der Waals surface area contributed by atoms with Gasteiger partial charge in [0.25, 0.3) is 5.89 Å². The Morgan fingerprint density at radius 3 is 3.00 bits per heavy atom. The maximum atomic E-state index is 5.17. The zero-order valence-corrected chi connectivity index (χ0v) is 8.93. The Morgan fingerprint density at radius 1 is 1.38 bits per heavy atom. The van der Waals surface area contributed by atoms with E-state index in [2.05, 4.69) is 20.6 Å². The quantitative estimate of drug-likeness (QED) is 0.816. The molecule has 6 heteroatoms. The van der Waals surface area contributed by atoms with Crippen LogP contribution in [0.15, 0.2) is 15.1 Å². The van der Waals surface area contributed by atoms with Crippen LogP contribution in [0.3, 0.4) is 0 Å². The number of aromatic nitrogens is 3. The molecular formula is C10H12N4O2. The van der Waals surface area contributed by atoms with Gasteiger partial charge in [-0.3, -0.25) is 0 Å². The van der Waals surface area contributed by atoms with Crippen molar-refractivity contribution in [3.63, 3.8) is 0 Å². The van der Waals surface area contributed by atoms with Gasteiger partial charge in [0.2, 0.25) is 0 Å². The highest BCUT2D eigenvalue weighted by Gasteiger charge is 2.23. The fourth-order valence-corrected chi connectivity index (χ4v) is 1.85. The second kappa shape index (κ2) is 3.71. The molecule has 1 aliphatic heterocycles. The smallest absolute Gasteiger partial charge is 0.280 e. The molecule has 1 aliphatic rings. The molecule has 2 aromatic heterocycles. The van der Waals surface area contributed by atoms with Crippen molar-refractivity contribution in [2.45, 2.75) is 19.3 Å². The molecule has 0 bridgehead atoms. The first-order valence-electron chi connectivity index (χ1n) is 5.31. The minimum absolute atomic E-state index is 0.352. The molecule has 3 heterocycles. The number of nitrogens with one attached hydrogen (secondary N) is 1. The predicted octanol–water partition coefficient (Wildman–Crippen LogP) is 1.11. The standard InChI is InChI=1S/C10H12N4O2/c1-6-4-8(13-15-6)10-12-9(14-16-10)7-2-3-11-5-7/h4,7,11H,2-3,5H2,1H3/t7-/m0/s1. The minimum Gasteiger partial charge on any atom is -0.361 e. The summed E-state index contributed by atoms with van der Waals surface area (Å²) in [5.41, 5.74) is 0.599. The van der Waals surface area contributed by atoms with Gasteiger partial charge in [-0.15, -0.1) is 0 Å². The number of aryl methyl sites for hydroxylation is 1. The van der Waals surface area contributed by atoms with E-state index in [0.29, 0.717) is 17.5 Å². The van der Waals surface area contributed by atoms with Gasteiger partial charge in [0.1, 0.15) is 5.76 Å². The van der Waals surface area contributed by atoms with E-state index >= 15 is 0 Å². The predicted molar refractivity (Wildman–Crippen MR) is 54.8 cm³/mol. The zero-order valence-electron chi connectivity index (χ0n) is 8.93. The molecule has 1 fully saturated rings. The lowest BCUT2D eigenvalue weighted by Gasteiger charge is -1.98. The van der Waals surface area contributed by atoms with E-state index in [9.17, 15) is 0 Å². The maximum Gasteiger partial charge on any atom is 0.280 e. The first-order valence-corrected chi connectivity index (χ1v) is 5.31. The van der Waals surface area contributed by atoms with Gasteiger partial charge in [-0.1, -0.05) is 10.3 Å². The van der Waals surface area contributed by atoms with Crippen LogP contribution in [0.25, 0.3) is 11.6 Å². The van der Waals surface area contributed by atoms with Gasteiger partial charge in [-0.2, -0.15) is 4.98 Å². The summed E-state index contributed by atoms with van der Waals surface area (Å²) >= 11 is 0. The molecule has 2 aromatic rings. The Labute approximate surface area is 92.0 Å². The van der Waals surface area contributed by atoms with Gasteiger partial charge < -0.3 is 14.4 Å². The number of hydrogen-bond acceptors (Lipinski definition) is 6. The Hall–Kier alpha value is -1.69. The van der Waals surface area contributed by atoms with E-state index in [1.807, 2.05) is 6.92 Å². The monoisotopic (exact) mass is 220 g/mol. The lowest BCUT2D eigenvalue weighted by Crippen LogP contribution is -2.08. The Balaban J connectivity index is 1.87. The lowest BCUT2D eigenvalue weighted by molar-refractivity contribution is 0.387. The summed E-state index contributed by atoms with van der Waals surface area (Å²) in [6.07, 6.45) is 1.05. The van der Waals surface area contributed by atoms with Crippen molar-refractivity contribution in [3.8, 4) is 11.6 Å². The number of rotatable bonds is 2. The molecule has 1 saturated heterocycles. The van der Waals surface area contributed by atoms with E-state index in [1.165, 1.54) is 0 Å². The zero-order chi connectivity index (χ0) is 11.0. The third-order valence-corrected chi connectivity index (χ3v) is 2.71. The van der Waals surface area contributed by atoms with E-state index < -0.39 is 0 Å². The Morgan fingerprint density at radius 2 is 2.31 bits per heavy atom. The van der Waals surface area contributed by atoms with Crippen molar-refractivity contribution in [3.05, 3.63) is 17.7 Å². The van der Waals surface area contributed by atoms with Crippen LogP contribution in [0.4, 0.5) is 0 Å². The van der Waals surface area contributed by atoms with E-state index in [4.69, 9.17) is 9.05 Å². The van der Waals surface area contributed by atoms with Crippen molar-refractivity contribution >= 4 is 0 Å². The summed E-state index contributed by atoms with van der Waals surface area (Å²) in [5, 5.41) is 11.1. The second-order valence-corrected chi connectivity index (χ2v) is 3.97. The number of hydrogen-bond donors (Lipinski definition) is 1. The maximum absolute atomic E-state index is 5.17. The molecule has 0 unspecified atom stereocenters. The van der Waals surface area contributed by atoms with Crippen molar-refractivity contribution < 1.29 is 9.05 Å². The summed E-state index contributed by atoms with van der Waals surface area (Å²) in [4.78, 5) is 4.34. The van der Waals surface area contributed by atoms with E-state index in [0.717, 1.165) is 31.1 Å². The first-order chi connectivity index (χ1) is 7.83.